The molecule has 3 heterocycles. The van der Waals surface area contributed by atoms with E-state index in [4.69, 9.17) is 4.74 Å². The number of carboxylic acid groups (broad SMARTS) is 1. The van der Waals surface area contributed by atoms with Gasteiger partial charge in [-0.05, 0) is 29.8 Å². The van der Waals surface area contributed by atoms with Crippen molar-refractivity contribution < 1.29 is 23.1 Å². The van der Waals surface area contributed by atoms with E-state index in [-0.39, 0.29) is 34.9 Å². The maximum absolute atomic E-state index is 13.7. The van der Waals surface area contributed by atoms with Crippen LogP contribution in [0.25, 0.3) is 22.0 Å². The number of morpholine rings is 1. The number of aromatic nitrogens is 3. The molecular weight excluding hydrogens is 470 g/mol. The van der Waals surface area contributed by atoms with E-state index < -0.39 is 16.0 Å². The minimum atomic E-state index is -3.96. The van der Waals surface area contributed by atoms with Gasteiger partial charge in [-0.25, -0.2) is 23.2 Å². The predicted molar refractivity (Wildman–Crippen MR) is 129 cm³/mol. The van der Waals surface area contributed by atoms with Crippen LogP contribution in [0.1, 0.15) is 10.4 Å². The van der Waals surface area contributed by atoms with E-state index in [1.807, 2.05) is 6.07 Å². The van der Waals surface area contributed by atoms with Gasteiger partial charge in [-0.2, -0.15) is 4.31 Å². The molecule has 2 aromatic heterocycles. The van der Waals surface area contributed by atoms with Crippen molar-refractivity contribution in [1.82, 2.24) is 19.3 Å². The number of fused-ring (bicyclic) bond motifs is 1. The molecule has 0 bridgehead atoms. The lowest BCUT2D eigenvalue weighted by molar-refractivity contribution is 0.0698. The molecular formula is C24H21N5O5S. The smallest absolute Gasteiger partial charge is 0.337 e. The topological polar surface area (TPSA) is 135 Å². The van der Waals surface area contributed by atoms with Crippen molar-refractivity contribution >= 4 is 38.3 Å². The Balaban J connectivity index is 1.74. The molecule has 1 fully saturated rings. The molecule has 10 nitrogen and oxygen atoms in total. The van der Waals surface area contributed by atoms with Gasteiger partial charge in [0, 0.05) is 42.6 Å². The summed E-state index contributed by atoms with van der Waals surface area (Å²) in [5.74, 6) is -1.13. The molecule has 4 aromatic rings. The van der Waals surface area contributed by atoms with Crippen molar-refractivity contribution in [2.75, 3.05) is 31.6 Å². The number of ether oxygens (including phenoxy) is 1. The van der Waals surface area contributed by atoms with E-state index in [1.165, 1.54) is 22.9 Å². The normalized spacial score (nSPS) is 14.6. The van der Waals surface area contributed by atoms with Crippen molar-refractivity contribution in [1.29, 1.82) is 0 Å². The Morgan fingerprint density at radius 2 is 1.74 bits per heavy atom. The highest BCUT2D eigenvalue weighted by Crippen LogP contribution is 2.36. The summed E-state index contributed by atoms with van der Waals surface area (Å²) < 4.78 is 34.0. The van der Waals surface area contributed by atoms with Crippen molar-refractivity contribution in [2.24, 2.45) is 0 Å². The van der Waals surface area contributed by atoms with Gasteiger partial charge in [-0.15, -0.1) is 0 Å². The van der Waals surface area contributed by atoms with Crippen molar-refractivity contribution in [3.63, 3.8) is 0 Å². The maximum atomic E-state index is 13.7. The fourth-order valence-electron chi connectivity index (χ4n) is 3.97. The van der Waals surface area contributed by atoms with Gasteiger partial charge >= 0.3 is 5.97 Å². The molecule has 2 aromatic carbocycles. The van der Waals surface area contributed by atoms with E-state index in [0.717, 1.165) is 11.1 Å². The number of carbonyl (C=O) groups is 1. The lowest BCUT2D eigenvalue weighted by atomic mass is 10.0. The Morgan fingerprint density at radius 1 is 1.00 bits per heavy atom. The van der Waals surface area contributed by atoms with Crippen LogP contribution in [0, 0.1) is 0 Å². The first-order chi connectivity index (χ1) is 16.9. The average Bonchev–Trinajstić information content (AvgIpc) is 2.89. The summed E-state index contributed by atoms with van der Waals surface area (Å²) in [7, 11) is -3.96. The molecule has 1 aliphatic heterocycles. The fourth-order valence-corrected chi connectivity index (χ4v) is 5.48. The van der Waals surface area contributed by atoms with E-state index in [0.29, 0.717) is 24.1 Å². The molecule has 0 amide bonds. The third-order valence-electron chi connectivity index (χ3n) is 5.73. The highest BCUT2D eigenvalue weighted by molar-refractivity contribution is 7.89. The SMILES string of the molecule is O=C(O)c1ccccc1Nc1c(S(=O)(=O)N2CCOCC2)cnc2ccc(-c3cncnc3)cc12. The quantitative estimate of drug-likeness (QED) is 0.417. The van der Waals surface area contributed by atoms with Crippen LogP contribution >= 0.6 is 0 Å². The monoisotopic (exact) mass is 491 g/mol. The first kappa shape index (κ1) is 22.8. The van der Waals surface area contributed by atoms with Gasteiger partial charge in [0.25, 0.3) is 0 Å². The van der Waals surface area contributed by atoms with Crippen LogP contribution in [0.4, 0.5) is 11.4 Å². The van der Waals surface area contributed by atoms with Crippen LogP contribution in [-0.4, -0.2) is 65.1 Å². The third kappa shape index (κ3) is 4.44. The molecule has 0 radical (unpaired) electrons. The summed E-state index contributed by atoms with van der Waals surface area (Å²) in [6.07, 6.45) is 6.05. The van der Waals surface area contributed by atoms with Crippen LogP contribution in [0.5, 0.6) is 0 Å². The minimum absolute atomic E-state index is 0.0137. The Kier molecular flexibility index (Phi) is 6.12. The zero-order chi connectivity index (χ0) is 24.4. The zero-order valence-corrected chi connectivity index (χ0v) is 19.3. The highest BCUT2D eigenvalue weighted by atomic mass is 32.2. The number of rotatable bonds is 6. The highest BCUT2D eigenvalue weighted by Gasteiger charge is 2.30. The standard InChI is InChI=1S/C24H21N5O5S/c30-24(31)18-3-1-2-4-21(18)28-23-19-11-16(17-12-25-15-26-13-17)5-6-20(19)27-14-22(23)35(32,33)29-7-9-34-10-8-29/h1-6,11-15H,7-10H2,(H,27,28)(H,30,31). The predicted octanol–water partition coefficient (Wildman–Crippen LogP) is 3.15. The van der Waals surface area contributed by atoms with Crippen molar-refractivity contribution in [2.45, 2.75) is 4.90 Å². The van der Waals surface area contributed by atoms with Crippen molar-refractivity contribution in [3.8, 4) is 11.1 Å². The molecule has 0 unspecified atom stereocenters. The largest absolute Gasteiger partial charge is 0.478 e. The molecule has 0 atom stereocenters. The number of hydrogen-bond acceptors (Lipinski definition) is 8. The van der Waals surface area contributed by atoms with Gasteiger partial charge < -0.3 is 15.2 Å². The molecule has 178 valence electrons. The number of nitrogens with one attached hydrogen (secondary N) is 1. The fraction of sp³-hybridized carbons (Fsp3) is 0.167. The van der Waals surface area contributed by atoms with Gasteiger partial charge in [-0.3, -0.25) is 4.98 Å². The van der Waals surface area contributed by atoms with Crippen LogP contribution < -0.4 is 5.32 Å². The number of sulfonamides is 1. The lowest BCUT2D eigenvalue weighted by Crippen LogP contribution is -2.40. The molecule has 1 saturated heterocycles. The summed E-state index contributed by atoms with van der Waals surface area (Å²) >= 11 is 0. The van der Waals surface area contributed by atoms with E-state index >= 15 is 0 Å². The Labute approximate surface area is 201 Å². The second kappa shape index (κ2) is 9.37. The molecule has 5 rings (SSSR count). The second-order valence-electron chi connectivity index (χ2n) is 7.85. The summed E-state index contributed by atoms with van der Waals surface area (Å²) in [6.45, 7) is 1.02. The molecule has 0 aliphatic carbocycles. The number of aromatic carboxylic acids is 1. The first-order valence-corrected chi connectivity index (χ1v) is 12.2. The van der Waals surface area contributed by atoms with E-state index in [1.54, 1.807) is 42.7 Å². The number of pyridine rings is 1. The number of nitrogens with zero attached hydrogens (tertiary/aromatic N) is 4. The number of hydrogen-bond donors (Lipinski definition) is 2. The average molecular weight is 492 g/mol. The van der Waals surface area contributed by atoms with Crippen LogP contribution in [0.3, 0.4) is 0 Å². The maximum Gasteiger partial charge on any atom is 0.337 e. The van der Waals surface area contributed by atoms with Gasteiger partial charge in [-0.1, -0.05) is 18.2 Å². The summed E-state index contributed by atoms with van der Waals surface area (Å²) in [5.41, 5.74) is 2.57. The molecule has 35 heavy (non-hydrogen) atoms. The Bertz CT molecular complexity index is 1510. The summed E-state index contributed by atoms with van der Waals surface area (Å²) in [5, 5.41) is 13.3. The molecule has 2 N–H and O–H groups in total. The molecule has 0 saturated carbocycles. The van der Waals surface area contributed by atoms with Crippen LogP contribution in [0.2, 0.25) is 0 Å². The number of anilines is 2. The summed E-state index contributed by atoms with van der Waals surface area (Å²) in [6, 6.07) is 11.8. The first-order valence-electron chi connectivity index (χ1n) is 10.8. The number of carboxylic acids is 1. The minimum Gasteiger partial charge on any atom is -0.478 e. The van der Waals surface area contributed by atoms with Gasteiger partial charge in [0.2, 0.25) is 10.0 Å². The number of para-hydroxylation sites is 1. The molecule has 11 heteroatoms. The third-order valence-corrected chi connectivity index (χ3v) is 7.64. The van der Waals surface area contributed by atoms with Gasteiger partial charge in [0.15, 0.2) is 0 Å². The molecule has 0 spiro atoms. The van der Waals surface area contributed by atoms with Crippen LogP contribution in [0.15, 0.2) is 72.3 Å². The Morgan fingerprint density at radius 3 is 2.49 bits per heavy atom. The van der Waals surface area contributed by atoms with Gasteiger partial charge in [0.1, 0.15) is 11.2 Å². The van der Waals surface area contributed by atoms with Crippen molar-refractivity contribution in [3.05, 3.63) is 72.9 Å². The molecule has 1 aliphatic rings. The second-order valence-corrected chi connectivity index (χ2v) is 9.76. The lowest BCUT2D eigenvalue weighted by Gasteiger charge is -2.27. The Hall–Kier alpha value is -3.93. The van der Waals surface area contributed by atoms with Gasteiger partial charge in [0.05, 0.1) is 35.7 Å². The van der Waals surface area contributed by atoms with E-state index in [2.05, 4.69) is 20.3 Å². The summed E-state index contributed by atoms with van der Waals surface area (Å²) in [4.78, 5) is 24.3. The van der Waals surface area contributed by atoms with E-state index in [9.17, 15) is 18.3 Å². The number of benzene rings is 2. The zero-order valence-electron chi connectivity index (χ0n) is 18.5. The van der Waals surface area contributed by atoms with Crippen LogP contribution in [-0.2, 0) is 14.8 Å².